The van der Waals surface area contributed by atoms with Gasteiger partial charge in [0.15, 0.2) is 11.7 Å². The summed E-state index contributed by atoms with van der Waals surface area (Å²) in [6.45, 7) is 4.18. The summed E-state index contributed by atoms with van der Waals surface area (Å²) < 4.78 is 15.8. The van der Waals surface area contributed by atoms with Gasteiger partial charge in [0, 0.05) is 0 Å². The van der Waals surface area contributed by atoms with E-state index < -0.39 is 5.60 Å². The molecule has 0 amide bonds. The second-order valence-corrected chi connectivity index (χ2v) is 3.87. The minimum atomic E-state index is -0.803. The highest BCUT2D eigenvalue weighted by Crippen LogP contribution is 2.53. The first-order valence-electron chi connectivity index (χ1n) is 5.63. The summed E-state index contributed by atoms with van der Waals surface area (Å²) in [6.07, 6.45) is 2.84. The lowest BCUT2D eigenvalue weighted by atomic mass is 9.98. The molecule has 0 radical (unpaired) electrons. The van der Waals surface area contributed by atoms with E-state index in [0.717, 1.165) is 6.42 Å². The second kappa shape index (κ2) is 4.29. The van der Waals surface area contributed by atoms with Gasteiger partial charge in [-0.3, -0.25) is 0 Å². The average Bonchev–Trinajstić information content (AvgIpc) is 2.77. The highest BCUT2D eigenvalue weighted by molar-refractivity contribution is 5.83. The Balaban J connectivity index is 2.12. The van der Waals surface area contributed by atoms with Gasteiger partial charge in [0.25, 0.3) is 0 Å². The average molecular weight is 224 g/mol. The predicted octanol–water partition coefficient (Wildman–Crippen LogP) is 2.45. The molecule has 16 heavy (non-hydrogen) atoms. The molecular weight excluding hydrogens is 208 g/mol. The Bertz CT molecular complexity index is 357. The van der Waals surface area contributed by atoms with Crippen LogP contribution in [0.2, 0.25) is 0 Å². The van der Waals surface area contributed by atoms with Crippen molar-refractivity contribution in [1.29, 1.82) is 0 Å². The molecule has 1 aliphatic heterocycles. The summed E-state index contributed by atoms with van der Waals surface area (Å²) in [6, 6.07) is 3.61. The number of epoxide rings is 1. The van der Waals surface area contributed by atoms with Crippen molar-refractivity contribution in [3.05, 3.63) is 24.2 Å². The van der Waals surface area contributed by atoms with Crippen molar-refractivity contribution in [2.75, 3.05) is 6.61 Å². The fraction of sp³-hybridized carbons (Fsp3) is 0.583. The Morgan fingerprint density at radius 1 is 1.56 bits per heavy atom. The predicted molar refractivity (Wildman–Crippen MR) is 56.8 cm³/mol. The normalized spacial score (nSPS) is 27.8. The smallest absolute Gasteiger partial charge is 0.341 e. The third kappa shape index (κ3) is 1.73. The maximum absolute atomic E-state index is 11.8. The van der Waals surface area contributed by atoms with Gasteiger partial charge in [-0.05, 0) is 25.5 Å². The molecule has 0 bridgehead atoms. The monoisotopic (exact) mass is 224 g/mol. The Kier molecular flexibility index (Phi) is 3.01. The first-order chi connectivity index (χ1) is 7.74. The number of carbonyl (C=O) groups excluding carboxylic acids is 1. The van der Waals surface area contributed by atoms with Crippen LogP contribution in [0.4, 0.5) is 0 Å². The molecule has 0 saturated carbocycles. The van der Waals surface area contributed by atoms with Crippen LogP contribution in [0.5, 0.6) is 0 Å². The van der Waals surface area contributed by atoms with Gasteiger partial charge >= 0.3 is 5.97 Å². The summed E-state index contributed by atoms with van der Waals surface area (Å²) in [7, 11) is 0. The van der Waals surface area contributed by atoms with Crippen LogP contribution in [0.1, 0.15) is 38.6 Å². The Hall–Kier alpha value is -1.29. The molecule has 0 aliphatic carbocycles. The summed E-state index contributed by atoms with van der Waals surface area (Å²) in [5.41, 5.74) is -0.803. The third-order valence-corrected chi connectivity index (χ3v) is 2.74. The minimum Gasteiger partial charge on any atom is -0.466 e. The van der Waals surface area contributed by atoms with Gasteiger partial charge in [-0.2, -0.15) is 0 Å². The van der Waals surface area contributed by atoms with Gasteiger partial charge < -0.3 is 13.9 Å². The largest absolute Gasteiger partial charge is 0.466 e. The lowest BCUT2D eigenvalue weighted by molar-refractivity contribution is -0.149. The molecule has 1 fully saturated rings. The first kappa shape index (κ1) is 11.2. The fourth-order valence-corrected chi connectivity index (χ4v) is 1.98. The standard InChI is InChI=1S/C12H16O4/c1-3-7-12(11(13)14-4-2)10(16-12)9-6-5-8-15-9/h5-6,8,10H,3-4,7H2,1-2H3. The zero-order valence-corrected chi connectivity index (χ0v) is 9.56. The Labute approximate surface area is 94.5 Å². The van der Waals surface area contributed by atoms with Crippen LogP contribution < -0.4 is 0 Å². The number of furan rings is 1. The fourth-order valence-electron chi connectivity index (χ4n) is 1.98. The zero-order chi connectivity index (χ0) is 11.6. The molecule has 0 spiro atoms. The third-order valence-electron chi connectivity index (χ3n) is 2.74. The molecule has 0 N–H and O–H groups in total. The summed E-state index contributed by atoms with van der Waals surface area (Å²) >= 11 is 0. The van der Waals surface area contributed by atoms with Gasteiger partial charge in [-0.1, -0.05) is 13.3 Å². The van der Waals surface area contributed by atoms with Crippen molar-refractivity contribution < 1.29 is 18.7 Å². The van der Waals surface area contributed by atoms with Gasteiger partial charge in [0.1, 0.15) is 5.76 Å². The quantitative estimate of drug-likeness (QED) is 0.569. The van der Waals surface area contributed by atoms with Crippen LogP contribution in [0.25, 0.3) is 0 Å². The Morgan fingerprint density at radius 3 is 2.94 bits per heavy atom. The molecule has 2 unspecified atom stereocenters. The highest BCUT2D eigenvalue weighted by atomic mass is 16.7. The number of rotatable bonds is 5. The van der Waals surface area contributed by atoms with Crippen LogP contribution in [0.15, 0.2) is 22.8 Å². The maximum Gasteiger partial charge on any atom is 0.341 e. The number of ether oxygens (including phenoxy) is 2. The number of hydrogen-bond donors (Lipinski definition) is 0. The van der Waals surface area contributed by atoms with Crippen molar-refractivity contribution in [1.82, 2.24) is 0 Å². The number of carbonyl (C=O) groups is 1. The molecular formula is C12H16O4. The van der Waals surface area contributed by atoms with Crippen LogP contribution in [-0.4, -0.2) is 18.2 Å². The molecule has 2 atom stereocenters. The lowest BCUT2D eigenvalue weighted by Gasteiger charge is -2.09. The van der Waals surface area contributed by atoms with E-state index >= 15 is 0 Å². The van der Waals surface area contributed by atoms with Crippen molar-refractivity contribution in [3.63, 3.8) is 0 Å². The van der Waals surface area contributed by atoms with Crippen LogP contribution in [-0.2, 0) is 14.3 Å². The van der Waals surface area contributed by atoms with E-state index in [1.54, 1.807) is 19.3 Å². The van der Waals surface area contributed by atoms with E-state index in [-0.39, 0.29) is 12.1 Å². The van der Waals surface area contributed by atoms with E-state index in [0.29, 0.717) is 18.8 Å². The molecule has 88 valence electrons. The van der Waals surface area contributed by atoms with Crippen molar-refractivity contribution in [2.45, 2.75) is 38.4 Å². The van der Waals surface area contributed by atoms with E-state index in [1.807, 2.05) is 13.0 Å². The summed E-state index contributed by atoms with van der Waals surface area (Å²) in [4.78, 5) is 11.8. The van der Waals surface area contributed by atoms with Crippen molar-refractivity contribution in [3.8, 4) is 0 Å². The molecule has 1 aromatic rings. The van der Waals surface area contributed by atoms with Gasteiger partial charge in [0.2, 0.25) is 0 Å². The maximum atomic E-state index is 11.8. The van der Waals surface area contributed by atoms with Crippen molar-refractivity contribution in [2.24, 2.45) is 0 Å². The van der Waals surface area contributed by atoms with Gasteiger partial charge in [0.05, 0.1) is 12.9 Å². The number of esters is 1. The molecule has 1 aliphatic rings. The SMILES string of the molecule is CCCC1(C(=O)OCC)OC1c1ccco1. The molecule has 1 aromatic heterocycles. The van der Waals surface area contributed by atoms with Gasteiger partial charge in [-0.15, -0.1) is 0 Å². The highest BCUT2D eigenvalue weighted by Gasteiger charge is 2.65. The van der Waals surface area contributed by atoms with E-state index in [1.165, 1.54) is 0 Å². The van der Waals surface area contributed by atoms with Crippen LogP contribution in [0, 0.1) is 0 Å². The molecule has 2 heterocycles. The Morgan fingerprint density at radius 2 is 2.38 bits per heavy atom. The van der Waals surface area contributed by atoms with Crippen LogP contribution >= 0.6 is 0 Å². The second-order valence-electron chi connectivity index (χ2n) is 3.87. The summed E-state index contributed by atoms with van der Waals surface area (Å²) in [5, 5.41) is 0. The first-order valence-corrected chi connectivity index (χ1v) is 5.63. The lowest BCUT2D eigenvalue weighted by Crippen LogP contribution is -2.27. The zero-order valence-electron chi connectivity index (χ0n) is 9.56. The molecule has 1 saturated heterocycles. The van der Waals surface area contributed by atoms with E-state index in [9.17, 15) is 4.79 Å². The minimum absolute atomic E-state index is 0.276. The topological polar surface area (TPSA) is 52.0 Å². The molecule has 0 aromatic carbocycles. The van der Waals surface area contributed by atoms with E-state index in [2.05, 4.69) is 0 Å². The number of hydrogen-bond acceptors (Lipinski definition) is 4. The van der Waals surface area contributed by atoms with Crippen molar-refractivity contribution >= 4 is 5.97 Å². The summed E-state index contributed by atoms with van der Waals surface area (Å²) in [5.74, 6) is 0.416. The molecule has 4 heteroatoms. The molecule has 2 rings (SSSR count). The van der Waals surface area contributed by atoms with E-state index in [4.69, 9.17) is 13.9 Å². The van der Waals surface area contributed by atoms with Crippen LogP contribution in [0.3, 0.4) is 0 Å². The molecule has 4 nitrogen and oxygen atoms in total. The van der Waals surface area contributed by atoms with Gasteiger partial charge in [-0.25, -0.2) is 4.79 Å².